The summed E-state index contributed by atoms with van der Waals surface area (Å²) in [6.07, 6.45) is 3.55. The van der Waals surface area contributed by atoms with Crippen LogP contribution in [0.15, 0.2) is 54.6 Å². The molecular weight excluding hydrogens is 298 g/mol. The number of ether oxygens (including phenoxy) is 1. The van der Waals surface area contributed by atoms with Crippen LogP contribution >= 0.6 is 0 Å². The lowest BCUT2D eigenvalue weighted by atomic mass is 9.71. The number of carbonyl (C=O) groups excluding carboxylic acids is 1. The van der Waals surface area contributed by atoms with Crippen molar-refractivity contribution in [2.24, 2.45) is 0 Å². The molecule has 1 atom stereocenters. The molecule has 3 rings (SSSR count). The number of methoxy groups -OCH3 is 1. The smallest absolute Gasteiger partial charge is 0.305 e. The summed E-state index contributed by atoms with van der Waals surface area (Å²) in [5.74, 6) is -0.124. The molecule has 1 aliphatic rings. The number of hydrogen-bond donors (Lipinski definition) is 1. The largest absolute Gasteiger partial charge is 0.469 e. The molecule has 2 aromatic rings. The Morgan fingerprint density at radius 2 is 1.79 bits per heavy atom. The molecule has 1 saturated heterocycles. The van der Waals surface area contributed by atoms with Gasteiger partial charge in [-0.2, -0.15) is 0 Å². The zero-order chi connectivity index (χ0) is 16.8. The zero-order valence-corrected chi connectivity index (χ0v) is 14.3. The molecule has 126 valence electrons. The fourth-order valence-electron chi connectivity index (χ4n) is 3.66. The molecule has 1 fully saturated rings. The van der Waals surface area contributed by atoms with Crippen molar-refractivity contribution in [2.75, 3.05) is 20.2 Å². The Bertz CT molecular complexity index is 658. The fraction of sp³-hybridized carbons (Fsp3) is 0.381. The molecule has 0 aliphatic carbocycles. The highest BCUT2D eigenvalue weighted by Gasteiger charge is 2.34. The normalized spacial score (nSPS) is 20.5. The molecule has 0 saturated carbocycles. The van der Waals surface area contributed by atoms with Crippen LogP contribution in [-0.2, 0) is 14.9 Å². The molecule has 0 radical (unpaired) electrons. The molecule has 0 bridgehead atoms. The van der Waals surface area contributed by atoms with Crippen LogP contribution in [0.4, 0.5) is 0 Å². The van der Waals surface area contributed by atoms with Gasteiger partial charge >= 0.3 is 5.97 Å². The van der Waals surface area contributed by atoms with Gasteiger partial charge < -0.3 is 10.1 Å². The summed E-state index contributed by atoms with van der Waals surface area (Å²) in [5, 5.41) is 3.51. The maximum absolute atomic E-state index is 11.6. The highest BCUT2D eigenvalue weighted by molar-refractivity contribution is 5.69. The zero-order valence-electron chi connectivity index (χ0n) is 14.3. The quantitative estimate of drug-likeness (QED) is 0.847. The molecule has 1 unspecified atom stereocenters. The van der Waals surface area contributed by atoms with Crippen LogP contribution in [-0.4, -0.2) is 26.2 Å². The topological polar surface area (TPSA) is 38.3 Å². The third-order valence-corrected chi connectivity index (χ3v) is 5.11. The van der Waals surface area contributed by atoms with Crippen LogP contribution < -0.4 is 5.32 Å². The lowest BCUT2D eigenvalue weighted by Crippen LogP contribution is -2.43. The van der Waals surface area contributed by atoms with E-state index in [0.717, 1.165) is 32.4 Å². The second kappa shape index (κ2) is 7.63. The summed E-state index contributed by atoms with van der Waals surface area (Å²) in [6.45, 7) is 1.98. The minimum Gasteiger partial charge on any atom is -0.469 e. The van der Waals surface area contributed by atoms with Crippen LogP contribution in [0.25, 0.3) is 11.1 Å². The summed E-state index contributed by atoms with van der Waals surface area (Å²) in [5.41, 5.74) is 3.81. The molecule has 2 aromatic carbocycles. The number of hydrogen-bond acceptors (Lipinski definition) is 3. The van der Waals surface area contributed by atoms with Crippen molar-refractivity contribution in [3.05, 3.63) is 60.2 Å². The number of nitrogens with one attached hydrogen (secondary N) is 1. The fourth-order valence-corrected chi connectivity index (χ4v) is 3.66. The number of esters is 1. The maximum atomic E-state index is 11.6. The first kappa shape index (κ1) is 16.7. The molecule has 1 N–H and O–H groups in total. The summed E-state index contributed by atoms with van der Waals surface area (Å²) < 4.78 is 4.84. The van der Waals surface area contributed by atoms with E-state index in [1.807, 2.05) is 6.07 Å². The van der Waals surface area contributed by atoms with Gasteiger partial charge in [0.1, 0.15) is 0 Å². The van der Waals surface area contributed by atoms with E-state index in [1.165, 1.54) is 23.8 Å². The van der Waals surface area contributed by atoms with E-state index in [1.54, 1.807) is 0 Å². The first-order chi connectivity index (χ1) is 11.7. The SMILES string of the molecule is COC(=O)CCC1(c2ccc(-c3ccccc3)cc2)CCCNC1. The van der Waals surface area contributed by atoms with Gasteiger partial charge in [0.05, 0.1) is 7.11 Å². The van der Waals surface area contributed by atoms with E-state index >= 15 is 0 Å². The van der Waals surface area contributed by atoms with Gasteiger partial charge in [-0.3, -0.25) is 4.79 Å². The van der Waals surface area contributed by atoms with Gasteiger partial charge in [0.15, 0.2) is 0 Å². The average Bonchev–Trinajstić information content (AvgIpc) is 2.67. The van der Waals surface area contributed by atoms with Gasteiger partial charge in [0, 0.05) is 18.4 Å². The number of benzene rings is 2. The summed E-state index contributed by atoms with van der Waals surface area (Å²) in [4.78, 5) is 11.6. The average molecular weight is 323 g/mol. The standard InChI is InChI=1S/C21H25NO2/c1-24-20(23)12-14-21(13-5-15-22-16-21)19-10-8-18(9-11-19)17-6-3-2-4-7-17/h2-4,6-11,22H,5,12-16H2,1H3. The van der Waals surface area contributed by atoms with Crippen LogP contribution in [0.3, 0.4) is 0 Å². The van der Waals surface area contributed by atoms with Gasteiger partial charge in [-0.15, -0.1) is 0 Å². The molecule has 1 aliphatic heterocycles. The van der Waals surface area contributed by atoms with Gasteiger partial charge in [0.25, 0.3) is 0 Å². The second-order valence-electron chi connectivity index (χ2n) is 6.58. The molecule has 3 nitrogen and oxygen atoms in total. The Balaban J connectivity index is 1.83. The summed E-state index contributed by atoms with van der Waals surface area (Å²) in [7, 11) is 1.46. The van der Waals surface area contributed by atoms with Crippen LogP contribution in [0.1, 0.15) is 31.2 Å². The Kier molecular flexibility index (Phi) is 5.31. The summed E-state index contributed by atoms with van der Waals surface area (Å²) in [6, 6.07) is 19.3. The summed E-state index contributed by atoms with van der Waals surface area (Å²) >= 11 is 0. The van der Waals surface area contributed by atoms with Crippen molar-refractivity contribution >= 4 is 5.97 Å². The third kappa shape index (κ3) is 3.68. The van der Waals surface area contributed by atoms with E-state index in [4.69, 9.17) is 4.74 Å². The molecule has 24 heavy (non-hydrogen) atoms. The lowest BCUT2D eigenvalue weighted by molar-refractivity contribution is -0.141. The van der Waals surface area contributed by atoms with Gasteiger partial charge in [-0.05, 0) is 42.5 Å². The minimum atomic E-state index is -0.124. The predicted molar refractivity (Wildman–Crippen MR) is 96.9 cm³/mol. The van der Waals surface area contributed by atoms with E-state index < -0.39 is 0 Å². The van der Waals surface area contributed by atoms with Crippen molar-refractivity contribution in [3.8, 4) is 11.1 Å². The molecule has 0 spiro atoms. The molecule has 0 aromatic heterocycles. The van der Waals surface area contributed by atoms with Gasteiger partial charge in [-0.1, -0.05) is 54.6 Å². The van der Waals surface area contributed by atoms with Crippen molar-refractivity contribution in [2.45, 2.75) is 31.1 Å². The van der Waals surface area contributed by atoms with Gasteiger partial charge in [-0.25, -0.2) is 0 Å². The Hall–Kier alpha value is -2.13. The predicted octanol–water partition coefficient (Wildman–Crippen LogP) is 3.93. The Morgan fingerprint density at radius 3 is 2.42 bits per heavy atom. The second-order valence-corrected chi connectivity index (χ2v) is 6.58. The van der Waals surface area contributed by atoms with Crippen LogP contribution in [0.5, 0.6) is 0 Å². The van der Waals surface area contributed by atoms with E-state index in [9.17, 15) is 4.79 Å². The lowest BCUT2D eigenvalue weighted by Gasteiger charge is -2.38. The van der Waals surface area contributed by atoms with Crippen molar-refractivity contribution in [1.82, 2.24) is 5.32 Å². The van der Waals surface area contributed by atoms with Crippen molar-refractivity contribution < 1.29 is 9.53 Å². The molecule has 0 amide bonds. The number of carbonyl (C=O) groups is 1. The van der Waals surface area contributed by atoms with E-state index in [0.29, 0.717) is 6.42 Å². The van der Waals surface area contributed by atoms with Crippen molar-refractivity contribution in [1.29, 1.82) is 0 Å². The van der Waals surface area contributed by atoms with E-state index in [-0.39, 0.29) is 11.4 Å². The molecule has 3 heteroatoms. The van der Waals surface area contributed by atoms with Crippen LogP contribution in [0.2, 0.25) is 0 Å². The number of rotatable bonds is 5. The first-order valence-electron chi connectivity index (χ1n) is 8.67. The van der Waals surface area contributed by atoms with Crippen molar-refractivity contribution in [3.63, 3.8) is 0 Å². The molecular formula is C21H25NO2. The highest BCUT2D eigenvalue weighted by atomic mass is 16.5. The van der Waals surface area contributed by atoms with E-state index in [2.05, 4.69) is 53.8 Å². The van der Waals surface area contributed by atoms with Crippen LogP contribution in [0, 0.1) is 0 Å². The Labute approximate surface area is 144 Å². The highest BCUT2D eigenvalue weighted by Crippen LogP contribution is 2.36. The Morgan fingerprint density at radius 1 is 1.08 bits per heavy atom. The molecule has 1 heterocycles. The monoisotopic (exact) mass is 323 g/mol. The maximum Gasteiger partial charge on any atom is 0.305 e. The van der Waals surface area contributed by atoms with Gasteiger partial charge in [0.2, 0.25) is 0 Å². The minimum absolute atomic E-state index is 0.0294. The first-order valence-corrected chi connectivity index (χ1v) is 8.67. The third-order valence-electron chi connectivity index (χ3n) is 5.11. The number of piperidine rings is 1.